The van der Waals surface area contributed by atoms with Crippen LogP contribution in [-0.2, 0) is 22.6 Å². The largest absolute Gasteiger partial charge is 0.364 e. The first-order valence-corrected chi connectivity index (χ1v) is 9.40. The molecular formula is C20H20N2O2S. The number of carbonyl (C=O) groups is 1. The molecule has 3 aromatic rings. The summed E-state index contributed by atoms with van der Waals surface area (Å²) in [6.07, 6.45) is 3.19. The van der Waals surface area contributed by atoms with Gasteiger partial charge in [-0.3, -0.25) is 4.79 Å². The fourth-order valence-electron chi connectivity index (χ4n) is 3.35. The van der Waals surface area contributed by atoms with Crippen LogP contribution in [0.15, 0.2) is 48.5 Å². The number of benzene rings is 2. The quantitative estimate of drug-likeness (QED) is 0.755. The van der Waals surface area contributed by atoms with Gasteiger partial charge in [-0.25, -0.2) is 4.98 Å². The lowest BCUT2D eigenvalue weighted by Crippen LogP contribution is -2.33. The molecule has 5 heteroatoms. The van der Waals surface area contributed by atoms with Gasteiger partial charge in [0.05, 0.1) is 22.9 Å². The summed E-state index contributed by atoms with van der Waals surface area (Å²) in [6.45, 7) is 0.433. The summed E-state index contributed by atoms with van der Waals surface area (Å²) in [5, 5.41) is 4.01. The van der Waals surface area contributed by atoms with Crippen LogP contribution in [-0.4, -0.2) is 17.5 Å². The summed E-state index contributed by atoms with van der Waals surface area (Å²) >= 11 is 1.61. The molecule has 4 nitrogen and oxygen atoms in total. The molecule has 2 aromatic carbocycles. The van der Waals surface area contributed by atoms with Crippen LogP contribution in [0.1, 0.15) is 35.0 Å². The number of rotatable bonds is 5. The van der Waals surface area contributed by atoms with Gasteiger partial charge < -0.3 is 10.1 Å². The van der Waals surface area contributed by atoms with Crippen LogP contribution in [0.3, 0.4) is 0 Å². The van der Waals surface area contributed by atoms with E-state index in [4.69, 9.17) is 4.74 Å². The molecule has 4 rings (SSSR count). The Kier molecular flexibility index (Phi) is 4.76. The number of aromatic nitrogens is 1. The molecule has 1 aliphatic carbocycles. The molecule has 25 heavy (non-hydrogen) atoms. The molecule has 1 atom stereocenters. The van der Waals surface area contributed by atoms with Gasteiger partial charge in [-0.2, -0.15) is 0 Å². The number of carbonyl (C=O) groups excluding carboxylic acids is 1. The Morgan fingerprint density at radius 1 is 1.20 bits per heavy atom. The van der Waals surface area contributed by atoms with E-state index in [0.717, 1.165) is 34.5 Å². The Labute approximate surface area is 150 Å². The number of amides is 1. The molecule has 0 unspecified atom stereocenters. The molecular weight excluding hydrogens is 332 g/mol. The van der Waals surface area contributed by atoms with E-state index < -0.39 is 0 Å². The van der Waals surface area contributed by atoms with Crippen molar-refractivity contribution < 1.29 is 9.53 Å². The van der Waals surface area contributed by atoms with Gasteiger partial charge in [0, 0.05) is 0 Å². The lowest BCUT2D eigenvalue weighted by atomic mass is 9.88. The topological polar surface area (TPSA) is 51.2 Å². The highest BCUT2D eigenvalue weighted by molar-refractivity contribution is 7.18. The zero-order valence-corrected chi connectivity index (χ0v) is 14.7. The van der Waals surface area contributed by atoms with E-state index in [9.17, 15) is 4.79 Å². The summed E-state index contributed by atoms with van der Waals surface area (Å²) in [6, 6.07) is 16.5. The maximum absolute atomic E-state index is 12.2. The first-order valence-electron chi connectivity index (χ1n) is 8.59. The molecule has 128 valence electrons. The second kappa shape index (κ2) is 7.33. The van der Waals surface area contributed by atoms with E-state index >= 15 is 0 Å². The van der Waals surface area contributed by atoms with Crippen LogP contribution in [0.5, 0.6) is 0 Å². The summed E-state index contributed by atoms with van der Waals surface area (Å²) in [7, 11) is 0. The smallest absolute Gasteiger partial charge is 0.246 e. The third-order valence-electron chi connectivity index (χ3n) is 4.50. The summed E-state index contributed by atoms with van der Waals surface area (Å²) in [5.74, 6) is -0.0668. The maximum Gasteiger partial charge on any atom is 0.246 e. The first-order chi connectivity index (χ1) is 12.3. The van der Waals surface area contributed by atoms with Crippen molar-refractivity contribution in [3.63, 3.8) is 0 Å². The van der Waals surface area contributed by atoms with Crippen molar-refractivity contribution >= 4 is 27.5 Å². The Bertz CT molecular complexity index is 857. The molecule has 0 saturated carbocycles. The number of para-hydroxylation sites is 1. The number of nitrogens with one attached hydrogen (secondary N) is 1. The van der Waals surface area contributed by atoms with Crippen LogP contribution >= 0.6 is 11.3 Å². The van der Waals surface area contributed by atoms with Gasteiger partial charge in [0.2, 0.25) is 5.91 Å². The van der Waals surface area contributed by atoms with Crippen molar-refractivity contribution in [3.05, 3.63) is 64.7 Å². The zero-order valence-electron chi connectivity index (χ0n) is 13.9. The predicted molar refractivity (Wildman–Crippen MR) is 99.5 cm³/mol. The molecule has 0 spiro atoms. The molecule has 0 saturated heterocycles. The van der Waals surface area contributed by atoms with E-state index in [1.165, 1.54) is 11.1 Å². The molecule has 1 aromatic heterocycles. The summed E-state index contributed by atoms with van der Waals surface area (Å²) in [5.41, 5.74) is 3.57. The molecule has 1 amide bonds. The lowest BCUT2D eigenvalue weighted by molar-refractivity contribution is -0.127. The van der Waals surface area contributed by atoms with Crippen LogP contribution < -0.4 is 5.32 Å². The fraction of sp³-hybridized carbons (Fsp3) is 0.300. The Morgan fingerprint density at radius 2 is 2.04 bits per heavy atom. The van der Waals surface area contributed by atoms with Gasteiger partial charge in [0.15, 0.2) is 0 Å². The van der Waals surface area contributed by atoms with E-state index in [0.29, 0.717) is 6.61 Å². The van der Waals surface area contributed by atoms with Crippen molar-refractivity contribution in [2.24, 2.45) is 0 Å². The summed E-state index contributed by atoms with van der Waals surface area (Å²) < 4.78 is 6.72. The molecule has 0 aliphatic heterocycles. The Morgan fingerprint density at radius 3 is 2.96 bits per heavy atom. The minimum absolute atomic E-state index is 0.0641. The van der Waals surface area contributed by atoms with Gasteiger partial charge in [-0.15, -0.1) is 11.3 Å². The van der Waals surface area contributed by atoms with Crippen LogP contribution in [0, 0.1) is 0 Å². The SMILES string of the molecule is O=C(COCc1nc2ccccc2s1)N[C@@H]1CCCc2ccccc21. The van der Waals surface area contributed by atoms with Gasteiger partial charge in [0.25, 0.3) is 0 Å². The zero-order chi connectivity index (χ0) is 17.1. The number of fused-ring (bicyclic) bond motifs is 2. The number of hydrogen-bond donors (Lipinski definition) is 1. The average molecular weight is 352 g/mol. The molecule has 0 fully saturated rings. The molecule has 1 heterocycles. The highest BCUT2D eigenvalue weighted by Gasteiger charge is 2.21. The number of thiazole rings is 1. The van der Waals surface area contributed by atoms with E-state index in [1.807, 2.05) is 30.3 Å². The van der Waals surface area contributed by atoms with E-state index in [1.54, 1.807) is 11.3 Å². The van der Waals surface area contributed by atoms with Crippen LogP contribution in [0.2, 0.25) is 0 Å². The van der Waals surface area contributed by atoms with Crippen molar-refractivity contribution in [1.29, 1.82) is 0 Å². The van der Waals surface area contributed by atoms with Gasteiger partial charge in [-0.1, -0.05) is 36.4 Å². The van der Waals surface area contributed by atoms with Crippen molar-refractivity contribution in [2.45, 2.75) is 31.9 Å². The van der Waals surface area contributed by atoms with Gasteiger partial charge in [0.1, 0.15) is 11.6 Å². The first kappa shape index (κ1) is 16.2. The Hall–Kier alpha value is -2.24. The minimum atomic E-state index is -0.0668. The third kappa shape index (κ3) is 3.72. The average Bonchev–Trinajstić information content (AvgIpc) is 3.05. The minimum Gasteiger partial charge on any atom is -0.364 e. The Balaban J connectivity index is 1.31. The standard InChI is InChI=1S/C20H20N2O2S/c23-19(21-16-10-5-7-14-6-1-2-8-15(14)16)12-24-13-20-22-17-9-3-4-11-18(17)25-20/h1-4,6,8-9,11,16H,5,7,10,12-13H2,(H,21,23)/t16-/m1/s1. The normalized spacial score (nSPS) is 16.6. The van der Waals surface area contributed by atoms with Gasteiger partial charge in [-0.05, 0) is 42.5 Å². The molecule has 0 radical (unpaired) electrons. The van der Waals surface area contributed by atoms with E-state index in [2.05, 4.69) is 28.5 Å². The molecule has 1 aliphatic rings. The second-order valence-corrected chi connectivity index (χ2v) is 7.39. The number of hydrogen-bond acceptors (Lipinski definition) is 4. The maximum atomic E-state index is 12.2. The van der Waals surface area contributed by atoms with Crippen LogP contribution in [0.25, 0.3) is 10.2 Å². The van der Waals surface area contributed by atoms with Crippen molar-refractivity contribution in [1.82, 2.24) is 10.3 Å². The fourth-order valence-corrected chi connectivity index (χ4v) is 4.26. The predicted octanol–water partition coefficient (Wildman–Crippen LogP) is 4.01. The number of nitrogens with zero attached hydrogens (tertiary/aromatic N) is 1. The monoisotopic (exact) mass is 352 g/mol. The van der Waals surface area contributed by atoms with Crippen molar-refractivity contribution in [2.75, 3.05) is 6.61 Å². The van der Waals surface area contributed by atoms with Crippen molar-refractivity contribution in [3.8, 4) is 0 Å². The second-order valence-electron chi connectivity index (χ2n) is 6.28. The van der Waals surface area contributed by atoms with Gasteiger partial charge >= 0.3 is 0 Å². The number of aryl methyl sites for hydroxylation is 1. The number of ether oxygens (including phenoxy) is 1. The van der Waals surface area contributed by atoms with Crippen LogP contribution in [0.4, 0.5) is 0 Å². The lowest BCUT2D eigenvalue weighted by Gasteiger charge is -2.26. The van der Waals surface area contributed by atoms with E-state index in [-0.39, 0.29) is 18.6 Å². The highest BCUT2D eigenvalue weighted by Crippen LogP contribution is 2.29. The highest BCUT2D eigenvalue weighted by atomic mass is 32.1. The third-order valence-corrected chi connectivity index (χ3v) is 5.51. The molecule has 1 N–H and O–H groups in total. The molecule has 0 bridgehead atoms. The summed E-state index contributed by atoms with van der Waals surface area (Å²) in [4.78, 5) is 16.7.